The third-order valence-electron chi connectivity index (χ3n) is 4.37. The summed E-state index contributed by atoms with van der Waals surface area (Å²) in [4.78, 5) is 2.63. The fraction of sp³-hybridized carbons (Fsp3) is 1.00. The van der Waals surface area contributed by atoms with Crippen LogP contribution in [-0.4, -0.2) is 37.1 Å². The van der Waals surface area contributed by atoms with E-state index in [9.17, 15) is 0 Å². The molecule has 0 aliphatic heterocycles. The highest BCUT2D eigenvalue weighted by atomic mass is 15.1. The molecule has 1 aliphatic rings. The van der Waals surface area contributed by atoms with Crippen LogP contribution in [0.15, 0.2) is 0 Å². The quantitative estimate of drug-likeness (QED) is 0.711. The lowest BCUT2D eigenvalue weighted by molar-refractivity contribution is 0.135. The van der Waals surface area contributed by atoms with E-state index < -0.39 is 0 Å². The molecule has 1 saturated carbocycles. The van der Waals surface area contributed by atoms with Gasteiger partial charge in [0, 0.05) is 25.2 Å². The van der Waals surface area contributed by atoms with Gasteiger partial charge in [0.2, 0.25) is 0 Å². The van der Waals surface area contributed by atoms with E-state index in [2.05, 4.69) is 45.0 Å². The maximum atomic E-state index is 3.64. The first-order chi connectivity index (χ1) is 8.47. The standard InChI is InChI=1S/C16H34N2/c1-6-11-16(4,12-17-14(2)3)13-18(5)15-9-7-8-10-15/h14-15,17H,6-13H2,1-5H3. The molecule has 0 aromatic carbocycles. The molecule has 0 amide bonds. The monoisotopic (exact) mass is 254 g/mol. The maximum Gasteiger partial charge on any atom is 0.00924 e. The van der Waals surface area contributed by atoms with Gasteiger partial charge in [0.1, 0.15) is 0 Å². The van der Waals surface area contributed by atoms with Crippen molar-refractivity contribution in [1.29, 1.82) is 0 Å². The highest BCUT2D eigenvalue weighted by molar-refractivity contribution is 4.84. The second-order valence-electron chi connectivity index (χ2n) is 6.95. The SMILES string of the molecule is CCCC(C)(CNC(C)C)CN(C)C1CCCC1. The van der Waals surface area contributed by atoms with Gasteiger partial charge in [0.25, 0.3) is 0 Å². The third-order valence-corrected chi connectivity index (χ3v) is 4.37. The van der Waals surface area contributed by atoms with Crippen molar-refractivity contribution in [3.8, 4) is 0 Å². The van der Waals surface area contributed by atoms with Crippen LogP contribution in [0.1, 0.15) is 66.2 Å². The maximum absolute atomic E-state index is 3.64. The Morgan fingerprint density at radius 1 is 1.28 bits per heavy atom. The summed E-state index contributed by atoms with van der Waals surface area (Å²) in [5, 5.41) is 3.64. The molecule has 1 N–H and O–H groups in total. The van der Waals surface area contributed by atoms with Crippen LogP contribution in [0.2, 0.25) is 0 Å². The molecule has 1 rings (SSSR count). The molecule has 0 heterocycles. The summed E-state index contributed by atoms with van der Waals surface area (Å²) in [7, 11) is 2.33. The van der Waals surface area contributed by atoms with Crippen LogP contribution in [-0.2, 0) is 0 Å². The van der Waals surface area contributed by atoms with Gasteiger partial charge in [-0.05, 0) is 31.7 Å². The second-order valence-corrected chi connectivity index (χ2v) is 6.95. The Kier molecular flexibility index (Phi) is 6.65. The van der Waals surface area contributed by atoms with Crippen LogP contribution < -0.4 is 5.32 Å². The van der Waals surface area contributed by atoms with Crippen LogP contribution in [0.25, 0.3) is 0 Å². The first-order valence-electron chi connectivity index (χ1n) is 7.90. The molecule has 1 atom stereocenters. The van der Waals surface area contributed by atoms with E-state index in [0.29, 0.717) is 11.5 Å². The number of hydrogen-bond donors (Lipinski definition) is 1. The van der Waals surface area contributed by atoms with Crippen molar-refractivity contribution in [3.63, 3.8) is 0 Å². The molecule has 0 saturated heterocycles. The predicted octanol–water partition coefficient (Wildman–Crippen LogP) is 3.67. The van der Waals surface area contributed by atoms with E-state index >= 15 is 0 Å². The van der Waals surface area contributed by atoms with Gasteiger partial charge in [-0.1, -0.05) is 47.0 Å². The van der Waals surface area contributed by atoms with Gasteiger partial charge in [-0.15, -0.1) is 0 Å². The molecule has 2 heteroatoms. The molecule has 0 bridgehead atoms. The van der Waals surface area contributed by atoms with Crippen molar-refractivity contribution >= 4 is 0 Å². The fourth-order valence-electron chi connectivity index (χ4n) is 3.35. The molecule has 108 valence electrons. The number of hydrogen-bond acceptors (Lipinski definition) is 2. The summed E-state index contributed by atoms with van der Waals surface area (Å²) in [6, 6.07) is 1.44. The van der Waals surface area contributed by atoms with Crippen molar-refractivity contribution < 1.29 is 0 Å². The van der Waals surface area contributed by atoms with Crippen molar-refractivity contribution in [3.05, 3.63) is 0 Å². The molecule has 18 heavy (non-hydrogen) atoms. The molecule has 0 spiro atoms. The summed E-state index contributed by atoms with van der Waals surface area (Å²) >= 11 is 0. The Labute approximate surface area is 115 Å². The first-order valence-corrected chi connectivity index (χ1v) is 7.90. The minimum atomic E-state index is 0.427. The van der Waals surface area contributed by atoms with Crippen LogP contribution in [0.5, 0.6) is 0 Å². The number of rotatable bonds is 8. The molecular formula is C16H34N2. The lowest BCUT2D eigenvalue weighted by Gasteiger charge is -2.37. The van der Waals surface area contributed by atoms with Crippen molar-refractivity contribution in [1.82, 2.24) is 10.2 Å². The topological polar surface area (TPSA) is 15.3 Å². The third kappa shape index (κ3) is 5.27. The minimum Gasteiger partial charge on any atom is -0.314 e. The normalized spacial score (nSPS) is 20.8. The summed E-state index contributed by atoms with van der Waals surface area (Å²) < 4.78 is 0. The summed E-state index contributed by atoms with van der Waals surface area (Å²) in [6.45, 7) is 11.6. The Balaban J connectivity index is 2.48. The van der Waals surface area contributed by atoms with Gasteiger partial charge in [-0.25, -0.2) is 0 Å². The Morgan fingerprint density at radius 2 is 1.89 bits per heavy atom. The minimum absolute atomic E-state index is 0.427. The van der Waals surface area contributed by atoms with Crippen LogP contribution >= 0.6 is 0 Å². The van der Waals surface area contributed by atoms with E-state index in [1.165, 1.54) is 45.1 Å². The second kappa shape index (κ2) is 7.49. The first kappa shape index (κ1) is 16.0. The summed E-state index contributed by atoms with van der Waals surface area (Å²) in [6.07, 6.45) is 8.30. The van der Waals surface area contributed by atoms with E-state index in [0.717, 1.165) is 12.6 Å². The van der Waals surface area contributed by atoms with Gasteiger partial charge in [-0.2, -0.15) is 0 Å². The molecule has 1 fully saturated rings. The molecule has 1 unspecified atom stereocenters. The zero-order valence-corrected chi connectivity index (χ0v) is 13.3. The van der Waals surface area contributed by atoms with E-state index in [4.69, 9.17) is 0 Å². The van der Waals surface area contributed by atoms with E-state index in [1.807, 2.05) is 0 Å². The Morgan fingerprint density at radius 3 is 2.39 bits per heavy atom. The van der Waals surface area contributed by atoms with Crippen molar-refractivity contribution in [2.45, 2.75) is 78.3 Å². The summed E-state index contributed by atoms with van der Waals surface area (Å²) in [5.74, 6) is 0. The van der Waals surface area contributed by atoms with Crippen LogP contribution in [0, 0.1) is 5.41 Å². The Hall–Kier alpha value is -0.0800. The smallest absolute Gasteiger partial charge is 0.00924 e. The zero-order chi connectivity index (χ0) is 13.6. The van der Waals surface area contributed by atoms with Crippen molar-refractivity contribution in [2.24, 2.45) is 5.41 Å². The van der Waals surface area contributed by atoms with Gasteiger partial charge in [-0.3, -0.25) is 0 Å². The molecule has 0 aromatic heterocycles. The predicted molar refractivity (Wildman–Crippen MR) is 81.0 cm³/mol. The molecule has 0 aromatic rings. The molecular weight excluding hydrogens is 220 g/mol. The highest BCUT2D eigenvalue weighted by Crippen LogP contribution is 2.28. The average molecular weight is 254 g/mol. The Bertz CT molecular complexity index is 221. The van der Waals surface area contributed by atoms with Gasteiger partial charge >= 0.3 is 0 Å². The molecule has 2 nitrogen and oxygen atoms in total. The average Bonchev–Trinajstić information content (AvgIpc) is 2.80. The fourth-order valence-corrected chi connectivity index (χ4v) is 3.35. The lowest BCUT2D eigenvalue weighted by atomic mass is 9.84. The van der Waals surface area contributed by atoms with E-state index in [-0.39, 0.29) is 0 Å². The van der Waals surface area contributed by atoms with Crippen molar-refractivity contribution in [2.75, 3.05) is 20.1 Å². The van der Waals surface area contributed by atoms with Gasteiger partial charge < -0.3 is 10.2 Å². The van der Waals surface area contributed by atoms with Gasteiger partial charge in [0.15, 0.2) is 0 Å². The number of nitrogens with one attached hydrogen (secondary N) is 1. The zero-order valence-electron chi connectivity index (χ0n) is 13.3. The molecule has 0 radical (unpaired) electrons. The van der Waals surface area contributed by atoms with Gasteiger partial charge in [0.05, 0.1) is 0 Å². The number of nitrogens with zero attached hydrogens (tertiary/aromatic N) is 1. The van der Waals surface area contributed by atoms with E-state index in [1.54, 1.807) is 0 Å². The summed E-state index contributed by atoms with van der Waals surface area (Å²) in [5.41, 5.74) is 0.427. The largest absolute Gasteiger partial charge is 0.314 e. The highest BCUT2D eigenvalue weighted by Gasteiger charge is 2.29. The molecule has 1 aliphatic carbocycles. The lowest BCUT2D eigenvalue weighted by Crippen LogP contribution is -2.45. The van der Waals surface area contributed by atoms with Crippen LogP contribution in [0.3, 0.4) is 0 Å². The van der Waals surface area contributed by atoms with Crippen LogP contribution in [0.4, 0.5) is 0 Å².